The molecule has 0 bridgehead atoms. The van der Waals surface area contributed by atoms with Crippen LogP contribution in [0.1, 0.15) is 226 Å². The lowest BCUT2D eigenvalue weighted by Crippen LogP contribution is -2.55. The number of carbonyl (C=O) groups is 1. The zero-order valence-electron chi connectivity index (χ0n) is 44.5. The fraction of sp³-hybridized carbons (Fsp3) is 0.850. The average molecular weight is 899 g/mol. The van der Waals surface area contributed by atoms with Crippen molar-refractivity contribution in [2.45, 2.75) is 250 Å². The highest BCUT2D eigenvalue weighted by Crippen LogP contribution is 2.74. The van der Waals surface area contributed by atoms with Crippen LogP contribution in [0.3, 0.4) is 0 Å². The van der Waals surface area contributed by atoms with Crippen LogP contribution in [0, 0.1) is 72.9 Å². The molecule has 3 unspecified atom stereocenters. The van der Waals surface area contributed by atoms with Crippen LogP contribution >= 0.6 is 0 Å². The molecule has 15 atom stereocenters. The number of aliphatic hydroxyl groups excluding tert-OH is 3. The van der Waals surface area contributed by atoms with Crippen molar-refractivity contribution in [3.8, 4) is 0 Å². The summed E-state index contributed by atoms with van der Waals surface area (Å²) in [5, 5.41) is 32.7. The number of carbonyl (C=O) groups excluding carboxylic acids is 1. The minimum Gasteiger partial charge on any atom is -0.464 e. The molecule has 5 nitrogen and oxygen atoms in total. The molecule has 8 rings (SSSR count). The second-order valence-electron chi connectivity index (χ2n) is 27.0. The Labute approximate surface area is 398 Å². The summed E-state index contributed by atoms with van der Waals surface area (Å²) in [6, 6.07) is 0. The summed E-state index contributed by atoms with van der Waals surface area (Å²) < 4.78 is 5.79. The van der Waals surface area contributed by atoms with E-state index in [9.17, 15) is 20.1 Å². The molecule has 0 aromatic heterocycles. The fourth-order valence-electron chi connectivity index (χ4n) is 18.7. The van der Waals surface area contributed by atoms with Crippen molar-refractivity contribution >= 4 is 6.47 Å². The Morgan fingerprint density at radius 2 is 1.05 bits per heavy atom. The molecule has 3 N–H and O–H groups in total. The quantitative estimate of drug-likeness (QED) is 0.150. The maximum Gasteiger partial charge on any atom is 0.293 e. The Bertz CT molecular complexity index is 1910. The van der Waals surface area contributed by atoms with E-state index in [0.29, 0.717) is 36.1 Å². The molecule has 0 aliphatic heterocycles. The molecule has 0 spiro atoms. The number of hydrogen-bond donors (Lipinski definition) is 3. The summed E-state index contributed by atoms with van der Waals surface area (Å²) in [5.74, 6) is 2.52. The molecule has 5 heteroatoms. The lowest BCUT2D eigenvalue weighted by atomic mass is 9.43. The van der Waals surface area contributed by atoms with Gasteiger partial charge in [0.15, 0.2) is 0 Å². The molecule has 0 radical (unpaired) electrons. The smallest absolute Gasteiger partial charge is 0.293 e. The standard InChI is InChI=1S/C30H48O3.C30H50O2/c1-20(2)9-8-10-24(33-19-31)23-14-18-29(6)22-11-12-25-27(3,4)26(32)15-16-28(25,5)21(22)13-17-30(23,29)7;1-19(2)9-11-24(31)20(3)21-13-17-30(8)23-10-12-25-27(4,5)26(32)15-16-28(25,6)22(23)14-18-29(21,30)7/h9,19,23-26,32H,8,10-18H2,1-7H3;9,20-21,24-26,31-32H,10-18H2,1-8H3/t23-,24-,25?,26+,28-,29+,30-;20-,21+,24?,25?,26-,28+,29+,30-/m10/s1. The highest BCUT2D eigenvalue weighted by molar-refractivity contribution is 5.41. The molecule has 4 saturated carbocycles. The number of hydrogen-bond acceptors (Lipinski definition) is 5. The minimum absolute atomic E-state index is 0.00888. The number of aliphatic hydroxyl groups is 3. The molecule has 0 amide bonds. The van der Waals surface area contributed by atoms with Gasteiger partial charge in [-0.1, -0.05) is 122 Å². The topological polar surface area (TPSA) is 87.0 Å². The van der Waals surface area contributed by atoms with Gasteiger partial charge >= 0.3 is 0 Å². The predicted octanol–water partition coefficient (Wildman–Crippen LogP) is 14.8. The molecular weight excluding hydrogens is 801 g/mol. The zero-order chi connectivity index (χ0) is 47.9. The molecule has 0 aromatic rings. The highest BCUT2D eigenvalue weighted by atomic mass is 16.5. The van der Waals surface area contributed by atoms with Crippen molar-refractivity contribution in [1.82, 2.24) is 0 Å². The van der Waals surface area contributed by atoms with Gasteiger partial charge in [-0.05, 0) is 217 Å². The third-order valence-corrected chi connectivity index (χ3v) is 23.3. The first kappa shape index (κ1) is 51.2. The molecule has 65 heavy (non-hydrogen) atoms. The summed E-state index contributed by atoms with van der Waals surface area (Å²) in [6.45, 7) is 36.1. The highest BCUT2D eigenvalue weighted by Gasteiger charge is 2.66. The van der Waals surface area contributed by atoms with E-state index < -0.39 is 0 Å². The van der Waals surface area contributed by atoms with E-state index in [2.05, 4.69) is 116 Å². The van der Waals surface area contributed by atoms with E-state index in [1.807, 2.05) is 0 Å². The first-order valence-corrected chi connectivity index (χ1v) is 27.1. The third-order valence-electron chi connectivity index (χ3n) is 23.3. The van der Waals surface area contributed by atoms with Crippen molar-refractivity contribution in [1.29, 1.82) is 0 Å². The summed E-state index contributed by atoms with van der Waals surface area (Å²) in [5.41, 5.74) is 11.1. The molecular formula is C60H98O5. The van der Waals surface area contributed by atoms with Crippen LogP contribution in [-0.4, -0.2) is 46.2 Å². The predicted molar refractivity (Wildman–Crippen MR) is 269 cm³/mol. The van der Waals surface area contributed by atoms with E-state index in [0.717, 1.165) is 51.4 Å². The minimum atomic E-state index is -0.238. The maximum absolute atomic E-state index is 11.5. The van der Waals surface area contributed by atoms with Crippen molar-refractivity contribution in [3.63, 3.8) is 0 Å². The summed E-state index contributed by atoms with van der Waals surface area (Å²) in [7, 11) is 0. The Morgan fingerprint density at radius 1 is 0.600 bits per heavy atom. The van der Waals surface area contributed by atoms with Crippen LogP contribution in [-0.2, 0) is 9.53 Å². The molecule has 8 aliphatic carbocycles. The molecule has 0 aromatic carbocycles. The van der Waals surface area contributed by atoms with Crippen LogP contribution in [0.4, 0.5) is 0 Å². The van der Waals surface area contributed by atoms with Gasteiger partial charge in [-0.2, -0.15) is 0 Å². The van der Waals surface area contributed by atoms with E-state index in [1.165, 1.54) is 81.8 Å². The first-order valence-electron chi connectivity index (χ1n) is 27.1. The van der Waals surface area contributed by atoms with Crippen molar-refractivity contribution < 1.29 is 24.9 Å². The Kier molecular flexibility index (Phi) is 14.1. The van der Waals surface area contributed by atoms with Gasteiger partial charge in [-0.25, -0.2) is 0 Å². The second kappa shape index (κ2) is 17.9. The first-order chi connectivity index (χ1) is 30.2. The van der Waals surface area contributed by atoms with Crippen LogP contribution < -0.4 is 0 Å². The molecule has 0 heterocycles. The SMILES string of the molecule is CC(C)=CCC(O)[C@@H](C)[C@H]1CC[C@@]2(C)C3=C(CC[C@]12C)[C@@]1(C)CC[C@H](O)C(C)(C)C1CC3.CC(C)=CCC[C@@H](OC=O)[C@H]1CC[C@@]2(C)C3=C(CC[C@]12C)[C@@]1(C)CC[C@H](O)C(C)(C)C1CC3. The van der Waals surface area contributed by atoms with Crippen molar-refractivity contribution in [2.75, 3.05) is 0 Å². The monoisotopic (exact) mass is 899 g/mol. The van der Waals surface area contributed by atoms with Crippen LogP contribution in [0.2, 0.25) is 0 Å². The molecule has 0 saturated heterocycles. The van der Waals surface area contributed by atoms with E-state index in [-0.39, 0.29) is 67.7 Å². The number of allylic oxidation sites excluding steroid dienone is 7. The number of fused-ring (bicyclic) bond motifs is 8. The summed E-state index contributed by atoms with van der Waals surface area (Å²) in [4.78, 5) is 11.5. The van der Waals surface area contributed by atoms with Gasteiger partial charge in [0.25, 0.3) is 6.47 Å². The maximum atomic E-state index is 11.5. The zero-order valence-corrected chi connectivity index (χ0v) is 44.5. The van der Waals surface area contributed by atoms with Crippen LogP contribution in [0.15, 0.2) is 45.6 Å². The van der Waals surface area contributed by atoms with Gasteiger partial charge in [0.2, 0.25) is 0 Å². The van der Waals surface area contributed by atoms with E-state index in [4.69, 9.17) is 4.74 Å². The third kappa shape index (κ3) is 8.00. The summed E-state index contributed by atoms with van der Waals surface area (Å²) >= 11 is 0. The molecule has 8 aliphatic rings. The Morgan fingerprint density at radius 3 is 1.49 bits per heavy atom. The Hall–Kier alpha value is -1.69. The van der Waals surface area contributed by atoms with Gasteiger partial charge in [-0.3, -0.25) is 4.79 Å². The van der Waals surface area contributed by atoms with Crippen LogP contribution in [0.25, 0.3) is 0 Å². The van der Waals surface area contributed by atoms with Gasteiger partial charge in [-0.15, -0.1) is 0 Å². The van der Waals surface area contributed by atoms with Crippen LogP contribution in [0.5, 0.6) is 0 Å². The van der Waals surface area contributed by atoms with Crippen molar-refractivity contribution in [3.05, 3.63) is 45.6 Å². The lowest BCUT2D eigenvalue weighted by molar-refractivity contribution is -0.140. The largest absolute Gasteiger partial charge is 0.464 e. The van der Waals surface area contributed by atoms with Gasteiger partial charge in [0, 0.05) is 5.92 Å². The Balaban J connectivity index is 0.000000194. The average Bonchev–Trinajstić information content (AvgIpc) is 3.68. The number of ether oxygens (including phenoxy) is 1. The normalized spacial score (nSPS) is 43.7. The van der Waals surface area contributed by atoms with E-state index >= 15 is 0 Å². The second-order valence-corrected chi connectivity index (χ2v) is 27.0. The molecule has 4 fully saturated rings. The fourth-order valence-corrected chi connectivity index (χ4v) is 18.7. The lowest BCUT2D eigenvalue weighted by Gasteiger charge is -2.62. The summed E-state index contributed by atoms with van der Waals surface area (Å²) in [6.07, 6.45) is 25.4. The number of rotatable bonds is 10. The van der Waals surface area contributed by atoms with Gasteiger partial charge in [0.05, 0.1) is 18.3 Å². The van der Waals surface area contributed by atoms with Gasteiger partial charge in [0.1, 0.15) is 6.10 Å². The van der Waals surface area contributed by atoms with Gasteiger partial charge < -0.3 is 20.1 Å². The van der Waals surface area contributed by atoms with Crippen molar-refractivity contribution in [2.24, 2.45) is 72.9 Å². The molecule has 368 valence electrons. The van der Waals surface area contributed by atoms with E-state index in [1.54, 1.807) is 22.3 Å².